The Balaban J connectivity index is 1.27. The minimum atomic E-state index is -0.270. The zero-order valence-electron chi connectivity index (χ0n) is 21.6. The van der Waals surface area contributed by atoms with Crippen LogP contribution in [-0.4, -0.2) is 54.8 Å². The number of amides is 2. The van der Waals surface area contributed by atoms with E-state index in [1.165, 1.54) is 5.56 Å². The summed E-state index contributed by atoms with van der Waals surface area (Å²) in [4.78, 5) is 29.8. The van der Waals surface area contributed by atoms with Crippen LogP contribution in [-0.2, 0) is 16.8 Å². The molecule has 7 heteroatoms. The molecule has 1 fully saturated rings. The molecule has 1 spiro atoms. The molecule has 5 nitrogen and oxygen atoms in total. The van der Waals surface area contributed by atoms with E-state index >= 15 is 0 Å². The number of piperidine rings is 1. The second-order valence-corrected chi connectivity index (χ2v) is 11.3. The van der Waals surface area contributed by atoms with E-state index in [0.717, 1.165) is 50.0 Å². The molecule has 2 aliphatic rings. The quantitative estimate of drug-likeness (QED) is 0.399. The molecule has 0 aromatic heterocycles. The maximum absolute atomic E-state index is 13.1. The second-order valence-electron chi connectivity index (χ2n) is 10.5. The minimum Gasteiger partial charge on any atom is -0.346 e. The van der Waals surface area contributed by atoms with Crippen LogP contribution in [0.25, 0.3) is 0 Å². The van der Waals surface area contributed by atoms with E-state index in [9.17, 15) is 9.59 Å². The van der Waals surface area contributed by atoms with Gasteiger partial charge in [0, 0.05) is 38.2 Å². The average molecular weight is 551 g/mol. The molecular formula is C31H33Cl2N3O2. The maximum atomic E-state index is 13.1. The van der Waals surface area contributed by atoms with Gasteiger partial charge in [-0.1, -0.05) is 71.7 Å². The molecule has 0 saturated carbocycles. The van der Waals surface area contributed by atoms with Crippen LogP contribution in [0.3, 0.4) is 0 Å². The van der Waals surface area contributed by atoms with Crippen molar-refractivity contribution < 1.29 is 9.59 Å². The number of carbonyl (C=O) groups excluding carboxylic acids is 2. The standard InChI is InChI=1S/C31H33Cl2N3O2/c1-35(30(38)22-7-3-2-4-8-22)21-25(23-11-12-27(32)28(33)19-23)13-16-36-17-14-31(15-18-36)26-10-6-5-9-24(26)20-29(37)34-31/h2-12,19,25H,13-18,20-21H2,1H3,(H,34,37). The monoisotopic (exact) mass is 549 g/mol. The molecular weight excluding hydrogens is 517 g/mol. The van der Waals surface area contributed by atoms with Gasteiger partial charge in [-0.05, 0) is 66.8 Å². The topological polar surface area (TPSA) is 52.6 Å². The van der Waals surface area contributed by atoms with Crippen LogP contribution in [0.5, 0.6) is 0 Å². The molecule has 5 rings (SSSR count). The summed E-state index contributed by atoms with van der Waals surface area (Å²) in [6.45, 7) is 3.28. The number of fused-ring (bicyclic) bond motifs is 2. The largest absolute Gasteiger partial charge is 0.346 e. The Hall–Kier alpha value is -2.86. The van der Waals surface area contributed by atoms with E-state index in [0.29, 0.717) is 28.6 Å². The van der Waals surface area contributed by atoms with Crippen LogP contribution in [0, 0.1) is 0 Å². The van der Waals surface area contributed by atoms with Gasteiger partial charge in [0.1, 0.15) is 0 Å². The number of hydrogen-bond donors (Lipinski definition) is 1. The van der Waals surface area contributed by atoms with Gasteiger partial charge in [0.15, 0.2) is 0 Å². The van der Waals surface area contributed by atoms with E-state index in [2.05, 4.69) is 28.4 Å². The molecule has 1 atom stereocenters. The summed E-state index contributed by atoms with van der Waals surface area (Å²) in [6.07, 6.45) is 3.11. The summed E-state index contributed by atoms with van der Waals surface area (Å²) in [5.74, 6) is 0.221. The third kappa shape index (κ3) is 5.75. The molecule has 38 heavy (non-hydrogen) atoms. The highest BCUT2D eigenvalue weighted by molar-refractivity contribution is 6.42. The van der Waals surface area contributed by atoms with Gasteiger partial charge in [-0.2, -0.15) is 0 Å². The Morgan fingerprint density at radius 2 is 1.71 bits per heavy atom. The van der Waals surface area contributed by atoms with Crippen molar-refractivity contribution in [2.24, 2.45) is 0 Å². The van der Waals surface area contributed by atoms with Crippen LogP contribution >= 0.6 is 23.2 Å². The highest BCUT2D eigenvalue weighted by Crippen LogP contribution is 2.38. The Kier molecular flexibility index (Phi) is 8.08. The lowest BCUT2D eigenvalue weighted by Crippen LogP contribution is -2.56. The fourth-order valence-corrected chi connectivity index (χ4v) is 6.23. The molecule has 3 aromatic rings. The lowest BCUT2D eigenvalue weighted by molar-refractivity contribution is -0.124. The number of benzene rings is 3. The highest BCUT2D eigenvalue weighted by atomic mass is 35.5. The van der Waals surface area contributed by atoms with Crippen LogP contribution in [0.2, 0.25) is 10.0 Å². The lowest BCUT2D eigenvalue weighted by atomic mass is 9.75. The Bertz CT molecular complexity index is 1310. The van der Waals surface area contributed by atoms with Crippen LogP contribution in [0.15, 0.2) is 72.8 Å². The number of likely N-dealkylation sites (tertiary alicyclic amines) is 1. The summed E-state index contributed by atoms with van der Waals surface area (Å²) >= 11 is 12.6. The van der Waals surface area contributed by atoms with E-state index in [1.54, 1.807) is 4.90 Å². The Morgan fingerprint density at radius 1 is 1.00 bits per heavy atom. The number of nitrogens with zero attached hydrogens (tertiary/aromatic N) is 2. The van der Waals surface area contributed by atoms with Gasteiger partial charge in [0.2, 0.25) is 5.91 Å². The van der Waals surface area contributed by atoms with E-state index in [4.69, 9.17) is 23.2 Å². The normalized spacial score (nSPS) is 17.5. The first-order valence-electron chi connectivity index (χ1n) is 13.2. The van der Waals surface area contributed by atoms with Gasteiger partial charge in [-0.3, -0.25) is 9.59 Å². The fraction of sp³-hybridized carbons (Fsp3) is 0.355. The van der Waals surface area contributed by atoms with Crippen molar-refractivity contribution >= 4 is 35.0 Å². The lowest BCUT2D eigenvalue weighted by Gasteiger charge is -2.46. The predicted molar refractivity (Wildman–Crippen MR) is 153 cm³/mol. The molecule has 2 aliphatic heterocycles. The van der Waals surface area contributed by atoms with E-state index in [1.807, 2.05) is 61.6 Å². The van der Waals surface area contributed by atoms with Gasteiger partial charge in [0.25, 0.3) is 5.91 Å². The SMILES string of the molecule is CN(CC(CCN1CCC2(CC1)NC(=O)Cc1ccccc12)c1ccc(Cl)c(Cl)c1)C(=O)c1ccccc1. The summed E-state index contributed by atoms with van der Waals surface area (Å²) < 4.78 is 0. The highest BCUT2D eigenvalue weighted by Gasteiger charge is 2.41. The molecule has 198 valence electrons. The van der Waals surface area contributed by atoms with E-state index in [-0.39, 0.29) is 23.3 Å². The molecule has 0 radical (unpaired) electrons. The first-order valence-corrected chi connectivity index (χ1v) is 14.0. The van der Waals surface area contributed by atoms with Gasteiger partial charge in [-0.15, -0.1) is 0 Å². The number of carbonyl (C=O) groups is 2. The first-order chi connectivity index (χ1) is 18.3. The second kappa shape index (κ2) is 11.5. The van der Waals surface area contributed by atoms with Gasteiger partial charge in [0.05, 0.1) is 22.0 Å². The molecule has 3 aromatic carbocycles. The summed E-state index contributed by atoms with van der Waals surface area (Å²) in [7, 11) is 1.85. The number of hydrogen-bond acceptors (Lipinski definition) is 3. The van der Waals surface area contributed by atoms with Crippen molar-refractivity contribution in [1.82, 2.24) is 15.1 Å². The van der Waals surface area contributed by atoms with Gasteiger partial charge < -0.3 is 15.1 Å². The molecule has 1 unspecified atom stereocenters. The number of halogens is 2. The van der Waals surface area contributed by atoms with Crippen LogP contribution in [0.1, 0.15) is 52.2 Å². The van der Waals surface area contributed by atoms with Gasteiger partial charge >= 0.3 is 0 Å². The van der Waals surface area contributed by atoms with Crippen molar-refractivity contribution in [1.29, 1.82) is 0 Å². The zero-order valence-corrected chi connectivity index (χ0v) is 23.1. The summed E-state index contributed by atoms with van der Waals surface area (Å²) in [6, 6.07) is 23.5. The number of rotatable bonds is 7. The molecule has 0 aliphatic carbocycles. The smallest absolute Gasteiger partial charge is 0.253 e. The van der Waals surface area contributed by atoms with Crippen molar-refractivity contribution in [2.75, 3.05) is 33.2 Å². The maximum Gasteiger partial charge on any atom is 0.253 e. The molecule has 2 heterocycles. The van der Waals surface area contributed by atoms with E-state index < -0.39 is 0 Å². The third-order valence-corrected chi connectivity index (χ3v) is 8.78. The zero-order chi connectivity index (χ0) is 26.7. The predicted octanol–water partition coefficient (Wildman–Crippen LogP) is 5.90. The summed E-state index contributed by atoms with van der Waals surface area (Å²) in [5, 5.41) is 4.38. The van der Waals surface area contributed by atoms with Crippen molar-refractivity contribution in [3.8, 4) is 0 Å². The van der Waals surface area contributed by atoms with Crippen LogP contribution in [0.4, 0.5) is 0 Å². The average Bonchev–Trinajstić information content (AvgIpc) is 2.93. The molecule has 2 amide bonds. The number of nitrogens with one attached hydrogen (secondary N) is 1. The van der Waals surface area contributed by atoms with Crippen molar-refractivity contribution in [3.05, 3.63) is 105 Å². The molecule has 1 saturated heterocycles. The molecule has 0 bridgehead atoms. The number of likely N-dealkylation sites (N-methyl/N-ethyl adjacent to an activating group) is 1. The Labute approximate surface area is 234 Å². The van der Waals surface area contributed by atoms with Crippen molar-refractivity contribution in [3.63, 3.8) is 0 Å². The molecule has 1 N–H and O–H groups in total. The minimum absolute atomic E-state index is 0.00211. The van der Waals surface area contributed by atoms with Gasteiger partial charge in [-0.25, -0.2) is 0 Å². The third-order valence-electron chi connectivity index (χ3n) is 8.04. The summed E-state index contributed by atoms with van der Waals surface area (Å²) in [5.41, 5.74) is 3.91. The first kappa shape index (κ1) is 26.7. The fourth-order valence-electron chi connectivity index (χ4n) is 5.93. The Morgan fingerprint density at radius 3 is 2.45 bits per heavy atom. The van der Waals surface area contributed by atoms with Crippen LogP contribution < -0.4 is 5.32 Å². The van der Waals surface area contributed by atoms with Crippen molar-refractivity contribution in [2.45, 2.75) is 37.1 Å².